The van der Waals surface area contributed by atoms with Crippen LogP contribution in [-0.2, 0) is 23.9 Å². The van der Waals surface area contributed by atoms with Gasteiger partial charge in [-0.3, -0.25) is 14.4 Å². The second-order valence-electron chi connectivity index (χ2n) is 16.9. The molecular weight excluding hydrogens is 717 g/mol. The van der Waals surface area contributed by atoms with E-state index in [0.29, 0.717) is 19.3 Å². The van der Waals surface area contributed by atoms with Crippen LogP contribution in [0, 0.1) is 0 Å². The van der Waals surface area contributed by atoms with Gasteiger partial charge in [0.1, 0.15) is 12.1 Å². The first kappa shape index (κ1) is 54.8. The van der Waals surface area contributed by atoms with E-state index in [9.17, 15) is 19.2 Å². The normalized spacial score (nSPS) is 12.3. The highest BCUT2D eigenvalue weighted by molar-refractivity contribution is 5.87. The summed E-state index contributed by atoms with van der Waals surface area (Å²) in [5, 5.41) is 22.6. The number of nitrogens with one attached hydrogen (secondary N) is 2. The maximum atomic E-state index is 12.8. The van der Waals surface area contributed by atoms with Gasteiger partial charge >= 0.3 is 11.9 Å². The van der Waals surface area contributed by atoms with Crippen molar-refractivity contribution >= 4 is 23.8 Å². The number of hydrogen-bond donors (Lipinski definition) is 4. The van der Waals surface area contributed by atoms with Crippen molar-refractivity contribution < 1.29 is 34.1 Å². The number of aliphatic hydroxyl groups is 1. The molecule has 0 saturated heterocycles. The highest BCUT2D eigenvalue weighted by Crippen LogP contribution is 2.19. The van der Waals surface area contributed by atoms with E-state index in [1.165, 1.54) is 167 Å². The van der Waals surface area contributed by atoms with Gasteiger partial charge in [0.05, 0.1) is 13.2 Å². The molecule has 0 spiro atoms. The van der Waals surface area contributed by atoms with Crippen LogP contribution in [-0.4, -0.2) is 59.3 Å². The van der Waals surface area contributed by atoms with Crippen LogP contribution in [0.1, 0.15) is 258 Å². The zero-order chi connectivity index (χ0) is 41.9. The molecule has 336 valence electrons. The Morgan fingerprint density at radius 2 is 0.789 bits per heavy atom. The van der Waals surface area contributed by atoms with Crippen molar-refractivity contribution in [3.05, 3.63) is 0 Å². The maximum Gasteiger partial charge on any atom is 0.328 e. The van der Waals surface area contributed by atoms with Crippen LogP contribution in [0.25, 0.3) is 0 Å². The molecule has 2 atom stereocenters. The topological polar surface area (TPSA) is 142 Å². The van der Waals surface area contributed by atoms with Crippen molar-refractivity contribution in [3.8, 4) is 0 Å². The molecule has 9 heteroatoms. The van der Waals surface area contributed by atoms with Crippen molar-refractivity contribution in [3.63, 3.8) is 0 Å². The number of aliphatic hydroxyl groups excluding tert-OH is 1. The monoisotopic (exact) mass is 809 g/mol. The minimum Gasteiger partial charge on any atom is -0.480 e. The molecule has 0 rings (SSSR count). The molecule has 9 nitrogen and oxygen atoms in total. The summed E-state index contributed by atoms with van der Waals surface area (Å²) in [6, 6.07) is -1.38. The van der Waals surface area contributed by atoms with Gasteiger partial charge < -0.3 is 25.6 Å². The largest absolute Gasteiger partial charge is 0.480 e. The first-order chi connectivity index (χ1) is 27.8. The summed E-state index contributed by atoms with van der Waals surface area (Å²) in [6.07, 6.45) is 45.9. The van der Waals surface area contributed by atoms with E-state index in [4.69, 9.17) is 14.9 Å². The van der Waals surface area contributed by atoms with Crippen LogP contribution in [0.3, 0.4) is 0 Å². The fourth-order valence-electron chi connectivity index (χ4n) is 7.60. The lowest BCUT2D eigenvalue weighted by Gasteiger charge is -2.18. The van der Waals surface area contributed by atoms with Crippen molar-refractivity contribution in [2.24, 2.45) is 0 Å². The number of carbonyl (C=O) groups excluding carboxylic acids is 3. The van der Waals surface area contributed by atoms with Gasteiger partial charge in [0, 0.05) is 12.8 Å². The quantitative estimate of drug-likeness (QED) is 0.0354. The van der Waals surface area contributed by atoms with Gasteiger partial charge in [-0.05, 0) is 38.5 Å². The second kappa shape index (κ2) is 43.4. The molecule has 0 saturated carbocycles. The molecule has 0 aliphatic heterocycles. The summed E-state index contributed by atoms with van der Waals surface area (Å²) < 4.78 is 6.02. The lowest BCUT2D eigenvalue weighted by atomic mass is 10.0. The minimum atomic E-state index is -1.38. The summed E-state index contributed by atoms with van der Waals surface area (Å²) in [7, 11) is 0. The van der Waals surface area contributed by atoms with E-state index in [2.05, 4.69) is 24.5 Å². The Bertz CT molecular complexity index is 930. The average Bonchev–Trinajstić information content (AvgIpc) is 3.19. The second-order valence-corrected chi connectivity index (χ2v) is 16.9. The molecule has 0 bridgehead atoms. The molecule has 0 fully saturated rings. The highest BCUT2D eigenvalue weighted by Gasteiger charge is 2.19. The SMILES string of the molecule is CCCCCCCCCCCCCCCCCCCCCCCCC(=O)OC(CCCCCCCCC)CCCCCCCC(=O)NCC(=O)NC(CO)C(=O)O. The van der Waals surface area contributed by atoms with E-state index in [1.807, 2.05) is 0 Å². The lowest BCUT2D eigenvalue weighted by molar-refractivity contribution is -0.150. The van der Waals surface area contributed by atoms with Gasteiger partial charge in [0.2, 0.25) is 11.8 Å². The zero-order valence-electron chi connectivity index (χ0n) is 37.4. The smallest absolute Gasteiger partial charge is 0.328 e. The van der Waals surface area contributed by atoms with Crippen molar-refractivity contribution in [1.82, 2.24) is 10.6 Å². The number of unbranched alkanes of at least 4 members (excludes halogenated alkanes) is 31. The molecule has 0 aliphatic carbocycles. The molecule has 4 N–H and O–H groups in total. The number of esters is 1. The Kier molecular flexibility index (Phi) is 41.8. The maximum absolute atomic E-state index is 12.8. The van der Waals surface area contributed by atoms with Crippen LogP contribution >= 0.6 is 0 Å². The number of rotatable bonds is 45. The van der Waals surface area contributed by atoms with E-state index in [0.717, 1.165) is 57.8 Å². The number of carboxylic acids is 1. The third-order valence-electron chi connectivity index (χ3n) is 11.4. The van der Waals surface area contributed by atoms with Crippen LogP contribution in [0.15, 0.2) is 0 Å². The summed E-state index contributed by atoms with van der Waals surface area (Å²) in [6.45, 7) is 3.50. The first-order valence-corrected chi connectivity index (χ1v) is 24.4. The summed E-state index contributed by atoms with van der Waals surface area (Å²) in [5.74, 6) is -2.27. The summed E-state index contributed by atoms with van der Waals surface area (Å²) >= 11 is 0. The number of carboxylic acid groups (broad SMARTS) is 1. The van der Waals surface area contributed by atoms with Crippen molar-refractivity contribution in [1.29, 1.82) is 0 Å². The van der Waals surface area contributed by atoms with Gasteiger partial charge in [-0.15, -0.1) is 0 Å². The fourth-order valence-corrected chi connectivity index (χ4v) is 7.60. The number of aliphatic carboxylic acids is 1. The zero-order valence-corrected chi connectivity index (χ0v) is 37.4. The summed E-state index contributed by atoms with van der Waals surface area (Å²) in [4.78, 5) is 47.5. The first-order valence-electron chi connectivity index (χ1n) is 24.4. The molecule has 0 aromatic rings. The molecule has 57 heavy (non-hydrogen) atoms. The molecule has 0 aromatic carbocycles. The molecular formula is C48H92N2O7. The predicted molar refractivity (Wildman–Crippen MR) is 236 cm³/mol. The standard InChI is InChI=1S/C48H92N2O7/c1-3-5-7-9-11-12-13-14-15-16-17-18-19-20-21-22-23-24-25-27-32-36-40-47(54)57-43(37-33-29-26-10-8-6-4-2)38-34-30-28-31-35-39-45(52)49-41-46(53)50-44(42-51)48(55)56/h43-44,51H,3-42H2,1-2H3,(H,49,52)(H,50,53)(H,55,56). The molecule has 2 unspecified atom stereocenters. The molecule has 0 radical (unpaired) electrons. The van der Waals surface area contributed by atoms with Gasteiger partial charge in [0.25, 0.3) is 0 Å². The Morgan fingerprint density at radius 1 is 0.456 bits per heavy atom. The van der Waals surface area contributed by atoms with Crippen molar-refractivity contribution in [2.75, 3.05) is 13.2 Å². The average molecular weight is 809 g/mol. The van der Waals surface area contributed by atoms with Gasteiger partial charge in [-0.2, -0.15) is 0 Å². The Balaban J connectivity index is 3.98. The van der Waals surface area contributed by atoms with Crippen LogP contribution in [0.4, 0.5) is 0 Å². The number of ether oxygens (including phenoxy) is 1. The van der Waals surface area contributed by atoms with Gasteiger partial charge in [-0.1, -0.05) is 206 Å². The number of hydrogen-bond acceptors (Lipinski definition) is 6. The molecule has 0 aliphatic rings. The Hall–Kier alpha value is -2.16. The minimum absolute atomic E-state index is 0.00339. The third kappa shape index (κ3) is 40.4. The fraction of sp³-hybridized carbons (Fsp3) is 0.917. The number of amides is 2. The van der Waals surface area contributed by atoms with E-state index < -0.39 is 24.5 Å². The highest BCUT2D eigenvalue weighted by atomic mass is 16.5. The molecule has 2 amide bonds. The lowest BCUT2D eigenvalue weighted by Crippen LogP contribution is -2.47. The van der Waals surface area contributed by atoms with E-state index in [1.54, 1.807) is 0 Å². The van der Waals surface area contributed by atoms with Gasteiger partial charge in [-0.25, -0.2) is 4.79 Å². The Morgan fingerprint density at radius 3 is 1.14 bits per heavy atom. The van der Waals surface area contributed by atoms with E-state index in [-0.39, 0.29) is 24.5 Å². The van der Waals surface area contributed by atoms with Gasteiger partial charge in [0.15, 0.2) is 0 Å². The summed E-state index contributed by atoms with van der Waals surface area (Å²) in [5.41, 5.74) is 0. The van der Waals surface area contributed by atoms with Crippen LogP contribution in [0.5, 0.6) is 0 Å². The predicted octanol–water partition coefficient (Wildman–Crippen LogP) is 12.4. The Labute approximate surface area is 350 Å². The number of carbonyl (C=O) groups is 4. The van der Waals surface area contributed by atoms with Crippen LogP contribution in [0.2, 0.25) is 0 Å². The third-order valence-corrected chi connectivity index (χ3v) is 11.4. The van der Waals surface area contributed by atoms with Crippen molar-refractivity contribution in [2.45, 2.75) is 270 Å². The molecule has 0 aromatic heterocycles. The molecule has 0 heterocycles. The van der Waals surface area contributed by atoms with E-state index >= 15 is 0 Å². The van der Waals surface area contributed by atoms with Crippen LogP contribution < -0.4 is 10.6 Å².